The summed E-state index contributed by atoms with van der Waals surface area (Å²) in [6.07, 6.45) is 2.48. The number of rotatable bonds is 8. The number of hydrogen-bond donors (Lipinski definition) is 2. The van der Waals surface area contributed by atoms with Gasteiger partial charge in [-0.05, 0) is 33.4 Å². The molecule has 1 unspecified atom stereocenters. The Bertz CT molecular complexity index is 151. The molecule has 4 heteroatoms. The van der Waals surface area contributed by atoms with E-state index in [1.165, 1.54) is 0 Å². The van der Waals surface area contributed by atoms with Crippen LogP contribution in [0.5, 0.6) is 0 Å². The van der Waals surface area contributed by atoms with Gasteiger partial charge in [0.1, 0.15) is 0 Å². The van der Waals surface area contributed by atoms with Gasteiger partial charge in [-0.3, -0.25) is 4.79 Å². The van der Waals surface area contributed by atoms with Gasteiger partial charge in [-0.25, -0.2) is 0 Å². The maximum Gasteiger partial charge on any atom is 0.220 e. The summed E-state index contributed by atoms with van der Waals surface area (Å²) in [5.74, 6) is 0.116. The van der Waals surface area contributed by atoms with Crippen LogP contribution < -0.4 is 10.6 Å². The van der Waals surface area contributed by atoms with E-state index in [0.717, 1.165) is 25.9 Å². The van der Waals surface area contributed by atoms with E-state index in [2.05, 4.69) is 10.6 Å². The molecule has 0 bridgehead atoms. The predicted octanol–water partition coefficient (Wildman–Crippen LogP) is 0.527. The van der Waals surface area contributed by atoms with Crippen LogP contribution in [-0.4, -0.2) is 39.3 Å². The fraction of sp³-hybridized carbons (Fsp3) is 0.900. The zero-order valence-electron chi connectivity index (χ0n) is 9.43. The Hall–Kier alpha value is -0.610. The third-order valence-corrected chi connectivity index (χ3v) is 2.11. The van der Waals surface area contributed by atoms with Crippen LogP contribution in [0, 0.1) is 0 Å². The van der Waals surface area contributed by atoms with Crippen molar-refractivity contribution in [1.29, 1.82) is 0 Å². The molecule has 0 aliphatic rings. The molecule has 14 heavy (non-hydrogen) atoms. The second kappa shape index (κ2) is 8.97. The molecule has 0 aliphatic carbocycles. The number of nitrogens with one attached hydrogen (secondary N) is 2. The minimum Gasteiger partial charge on any atom is -0.382 e. The van der Waals surface area contributed by atoms with Crippen molar-refractivity contribution in [3.63, 3.8) is 0 Å². The maximum atomic E-state index is 11.2. The van der Waals surface area contributed by atoms with E-state index in [4.69, 9.17) is 4.74 Å². The summed E-state index contributed by atoms with van der Waals surface area (Å²) in [5.41, 5.74) is 0. The fourth-order valence-electron chi connectivity index (χ4n) is 1.03. The predicted molar refractivity (Wildman–Crippen MR) is 57.3 cm³/mol. The summed E-state index contributed by atoms with van der Waals surface area (Å²) in [4.78, 5) is 11.2. The van der Waals surface area contributed by atoms with E-state index >= 15 is 0 Å². The average molecular weight is 202 g/mol. The summed E-state index contributed by atoms with van der Waals surface area (Å²) in [6.45, 7) is 3.66. The Labute approximate surface area is 86.4 Å². The van der Waals surface area contributed by atoms with E-state index in [1.54, 1.807) is 7.11 Å². The minimum absolute atomic E-state index is 0.116. The summed E-state index contributed by atoms with van der Waals surface area (Å²) < 4.78 is 5.05. The number of hydrogen-bond acceptors (Lipinski definition) is 3. The molecule has 0 spiro atoms. The number of carbonyl (C=O) groups is 1. The van der Waals surface area contributed by atoms with Crippen molar-refractivity contribution >= 4 is 5.91 Å². The first-order valence-electron chi connectivity index (χ1n) is 5.14. The zero-order chi connectivity index (χ0) is 10.8. The molecular formula is C10H22N2O2. The van der Waals surface area contributed by atoms with E-state index < -0.39 is 0 Å². The number of methoxy groups -OCH3 is 1. The molecule has 0 radical (unpaired) electrons. The molecule has 0 aromatic heterocycles. The molecule has 0 aliphatic heterocycles. The second-order valence-corrected chi connectivity index (χ2v) is 3.39. The zero-order valence-corrected chi connectivity index (χ0v) is 9.43. The molecule has 1 amide bonds. The fourth-order valence-corrected chi connectivity index (χ4v) is 1.03. The van der Waals surface area contributed by atoms with Crippen LogP contribution in [0.3, 0.4) is 0 Å². The molecule has 2 N–H and O–H groups in total. The molecule has 0 saturated heterocycles. The third kappa shape index (κ3) is 8.01. The van der Waals surface area contributed by atoms with Gasteiger partial charge in [-0.15, -0.1) is 0 Å². The molecular weight excluding hydrogens is 180 g/mol. The number of ether oxygens (including phenoxy) is 1. The van der Waals surface area contributed by atoms with Gasteiger partial charge in [0.05, 0.1) is 6.10 Å². The molecule has 4 nitrogen and oxygen atoms in total. The van der Waals surface area contributed by atoms with Crippen molar-refractivity contribution in [2.24, 2.45) is 0 Å². The molecule has 0 heterocycles. The van der Waals surface area contributed by atoms with Gasteiger partial charge in [-0.1, -0.05) is 0 Å². The minimum atomic E-state index is 0.116. The smallest absolute Gasteiger partial charge is 0.220 e. The van der Waals surface area contributed by atoms with Gasteiger partial charge in [0.25, 0.3) is 0 Å². The summed E-state index contributed by atoms with van der Waals surface area (Å²) >= 11 is 0. The first-order chi connectivity index (χ1) is 6.70. The third-order valence-electron chi connectivity index (χ3n) is 2.11. The van der Waals surface area contributed by atoms with Crippen LogP contribution in [-0.2, 0) is 9.53 Å². The van der Waals surface area contributed by atoms with Gasteiger partial charge in [0.2, 0.25) is 5.91 Å². The summed E-state index contributed by atoms with van der Waals surface area (Å²) in [7, 11) is 3.57. The standard InChI is InChI=1S/C10H22N2O2/c1-9(14-3)5-6-10(13)12-8-4-7-11-2/h9,11H,4-8H2,1-3H3,(H,12,13). The van der Waals surface area contributed by atoms with Crippen molar-refractivity contribution < 1.29 is 9.53 Å². The SMILES string of the molecule is CNCCCNC(=O)CCC(C)OC. The van der Waals surface area contributed by atoms with Crippen LogP contribution in [0.1, 0.15) is 26.2 Å². The lowest BCUT2D eigenvalue weighted by molar-refractivity contribution is -0.121. The quantitative estimate of drug-likeness (QED) is 0.564. The average Bonchev–Trinajstić information content (AvgIpc) is 2.21. The van der Waals surface area contributed by atoms with Crippen LogP contribution in [0.15, 0.2) is 0 Å². The topological polar surface area (TPSA) is 50.4 Å². The van der Waals surface area contributed by atoms with Crippen molar-refractivity contribution in [3.8, 4) is 0 Å². The first kappa shape index (κ1) is 13.4. The van der Waals surface area contributed by atoms with Gasteiger partial charge in [-0.2, -0.15) is 0 Å². The molecule has 84 valence electrons. The van der Waals surface area contributed by atoms with Crippen molar-refractivity contribution in [2.75, 3.05) is 27.2 Å². The highest BCUT2D eigenvalue weighted by Gasteiger charge is 2.04. The lowest BCUT2D eigenvalue weighted by atomic mass is 10.2. The number of amides is 1. The highest BCUT2D eigenvalue weighted by atomic mass is 16.5. The van der Waals surface area contributed by atoms with Crippen molar-refractivity contribution in [2.45, 2.75) is 32.3 Å². The van der Waals surface area contributed by atoms with Crippen molar-refractivity contribution in [1.82, 2.24) is 10.6 Å². The Morgan fingerprint density at radius 3 is 2.71 bits per heavy atom. The largest absolute Gasteiger partial charge is 0.382 e. The van der Waals surface area contributed by atoms with Gasteiger partial charge in [0, 0.05) is 20.1 Å². The van der Waals surface area contributed by atoms with Crippen LogP contribution in [0.25, 0.3) is 0 Å². The summed E-state index contributed by atoms with van der Waals surface area (Å²) in [6, 6.07) is 0. The van der Waals surface area contributed by atoms with Crippen LogP contribution in [0.2, 0.25) is 0 Å². The molecule has 1 atom stereocenters. The normalized spacial score (nSPS) is 12.5. The summed E-state index contributed by atoms with van der Waals surface area (Å²) in [5, 5.41) is 5.89. The highest BCUT2D eigenvalue weighted by molar-refractivity contribution is 5.75. The lowest BCUT2D eigenvalue weighted by Crippen LogP contribution is -2.27. The molecule has 0 saturated carbocycles. The van der Waals surface area contributed by atoms with Crippen LogP contribution in [0.4, 0.5) is 0 Å². The molecule has 0 aromatic carbocycles. The van der Waals surface area contributed by atoms with Gasteiger partial charge < -0.3 is 15.4 Å². The second-order valence-electron chi connectivity index (χ2n) is 3.39. The Kier molecular flexibility index (Phi) is 8.57. The Morgan fingerprint density at radius 1 is 1.43 bits per heavy atom. The van der Waals surface area contributed by atoms with E-state index in [9.17, 15) is 4.79 Å². The Morgan fingerprint density at radius 2 is 2.14 bits per heavy atom. The molecule has 0 rings (SSSR count). The van der Waals surface area contributed by atoms with Gasteiger partial charge in [0.15, 0.2) is 0 Å². The van der Waals surface area contributed by atoms with E-state index in [-0.39, 0.29) is 12.0 Å². The maximum absolute atomic E-state index is 11.2. The van der Waals surface area contributed by atoms with Crippen molar-refractivity contribution in [3.05, 3.63) is 0 Å². The van der Waals surface area contributed by atoms with Crippen LogP contribution >= 0.6 is 0 Å². The Balaban J connectivity index is 3.28. The molecule has 0 fully saturated rings. The monoisotopic (exact) mass is 202 g/mol. The van der Waals surface area contributed by atoms with E-state index in [0.29, 0.717) is 6.42 Å². The lowest BCUT2D eigenvalue weighted by Gasteiger charge is -2.09. The highest BCUT2D eigenvalue weighted by Crippen LogP contribution is 1.99. The molecule has 0 aromatic rings. The first-order valence-corrected chi connectivity index (χ1v) is 5.14. The van der Waals surface area contributed by atoms with Gasteiger partial charge >= 0.3 is 0 Å². The van der Waals surface area contributed by atoms with E-state index in [1.807, 2.05) is 14.0 Å². The number of carbonyl (C=O) groups excluding carboxylic acids is 1.